The Morgan fingerprint density at radius 1 is 1.00 bits per heavy atom. The van der Waals surface area contributed by atoms with E-state index in [2.05, 4.69) is 10.6 Å². The smallest absolute Gasteiger partial charge is 0.419 e. The van der Waals surface area contributed by atoms with Crippen LogP contribution in [0.25, 0.3) is 0 Å². The number of halogens is 5. The molecule has 228 valence electrons. The first-order chi connectivity index (χ1) is 19.9. The van der Waals surface area contributed by atoms with Crippen LogP contribution in [-0.4, -0.2) is 43.9 Å². The van der Waals surface area contributed by atoms with Crippen molar-refractivity contribution < 1.29 is 45.1 Å². The molecule has 0 spiro atoms. The predicted octanol–water partition coefficient (Wildman–Crippen LogP) is 6.17. The maximum atomic E-state index is 13.9. The van der Waals surface area contributed by atoms with E-state index in [0.29, 0.717) is 28.3 Å². The van der Waals surface area contributed by atoms with Gasteiger partial charge >= 0.3 is 18.2 Å². The van der Waals surface area contributed by atoms with Crippen LogP contribution in [0.5, 0.6) is 5.75 Å². The minimum atomic E-state index is -5.06. The summed E-state index contributed by atoms with van der Waals surface area (Å²) in [4.78, 5) is 41.0. The first kappa shape index (κ1) is 31.6. The third kappa shape index (κ3) is 6.51. The van der Waals surface area contributed by atoms with Crippen molar-refractivity contribution >= 4 is 54.8 Å². The molecule has 1 saturated heterocycles. The second kappa shape index (κ2) is 11.4. The highest BCUT2D eigenvalue weighted by atomic mass is 35.7. The molecular weight excluding hydrogens is 620 g/mol. The SMILES string of the molecule is COc1ccc(CN2C(=O)N(c3ccc(F)c(C(F)(F)F)c3)C(=O)C2(C)C)c(NC(=O)Nc2ccc(S(=O)(=O)Cl)cc2)c1. The van der Waals surface area contributed by atoms with Crippen molar-refractivity contribution in [2.75, 3.05) is 22.6 Å². The maximum absolute atomic E-state index is 13.9. The van der Waals surface area contributed by atoms with E-state index in [1.807, 2.05) is 0 Å². The van der Waals surface area contributed by atoms with Crippen LogP contribution < -0.4 is 20.3 Å². The molecule has 1 heterocycles. The molecule has 1 fully saturated rings. The fourth-order valence-corrected chi connectivity index (χ4v) is 5.06. The maximum Gasteiger partial charge on any atom is 0.419 e. The lowest BCUT2D eigenvalue weighted by atomic mass is 10.0. The molecule has 4 rings (SSSR count). The van der Waals surface area contributed by atoms with Gasteiger partial charge in [-0.3, -0.25) is 4.79 Å². The number of carbonyl (C=O) groups excluding carboxylic acids is 3. The number of urea groups is 2. The summed E-state index contributed by atoms with van der Waals surface area (Å²) in [5.74, 6) is -2.08. The van der Waals surface area contributed by atoms with Gasteiger partial charge in [0.2, 0.25) is 0 Å². The van der Waals surface area contributed by atoms with Gasteiger partial charge in [-0.1, -0.05) is 6.07 Å². The Morgan fingerprint density at radius 3 is 2.23 bits per heavy atom. The molecule has 0 unspecified atom stereocenters. The Hall–Kier alpha value is -4.37. The molecule has 43 heavy (non-hydrogen) atoms. The van der Waals surface area contributed by atoms with Crippen molar-refractivity contribution in [1.82, 2.24) is 4.90 Å². The van der Waals surface area contributed by atoms with Crippen molar-refractivity contribution in [2.24, 2.45) is 0 Å². The standard InChI is InChI=1S/C27H23ClF4N4O6S/c1-26(2)23(37)36(17-7-11-21(29)20(12-17)27(30,31)32)25(39)35(26)14-15-4-8-18(42-3)13-22(15)34-24(38)33-16-5-9-19(10-6-16)43(28,40)41/h4-13H,14H2,1-3H3,(H2,33,34,38). The first-order valence-electron chi connectivity index (χ1n) is 12.3. The summed E-state index contributed by atoms with van der Waals surface area (Å²) in [6.45, 7) is 2.52. The Morgan fingerprint density at radius 2 is 1.65 bits per heavy atom. The molecule has 1 aliphatic rings. The average Bonchev–Trinajstić information content (AvgIpc) is 3.08. The molecule has 0 aliphatic carbocycles. The number of hydrogen-bond donors (Lipinski definition) is 2. The molecular formula is C27H23ClF4N4O6S. The zero-order valence-electron chi connectivity index (χ0n) is 22.6. The van der Waals surface area contributed by atoms with Gasteiger partial charge < -0.3 is 20.3 Å². The van der Waals surface area contributed by atoms with Gasteiger partial charge in [0.25, 0.3) is 15.0 Å². The third-order valence-electron chi connectivity index (χ3n) is 6.62. The average molecular weight is 643 g/mol. The zero-order valence-corrected chi connectivity index (χ0v) is 24.2. The van der Waals surface area contributed by atoms with Gasteiger partial charge in [-0.2, -0.15) is 13.2 Å². The van der Waals surface area contributed by atoms with E-state index >= 15 is 0 Å². The van der Waals surface area contributed by atoms with Crippen molar-refractivity contribution in [3.63, 3.8) is 0 Å². The summed E-state index contributed by atoms with van der Waals surface area (Å²) >= 11 is 0. The summed E-state index contributed by atoms with van der Waals surface area (Å²) < 4.78 is 82.0. The summed E-state index contributed by atoms with van der Waals surface area (Å²) in [5, 5.41) is 5.12. The van der Waals surface area contributed by atoms with E-state index in [-0.39, 0.29) is 22.8 Å². The number of hydrogen-bond acceptors (Lipinski definition) is 6. The molecule has 0 atom stereocenters. The summed E-state index contributed by atoms with van der Waals surface area (Å²) in [6.07, 6.45) is -5.06. The highest BCUT2D eigenvalue weighted by molar-refractivity contribution is 8.13. The predicted molar refractivity (Wildman–Crippen MR) is 149 cm³/mol. The molecule has 10 nitrogen and oxygen atoms in total. The Kier molecular flexibility index (Phi) is 8.35. The van der Waals surface area contributed by atoms with Crippen LogP contribution >= 0.6 is 10.7 Å². The summed E-state index contributed by atoms with van der Waals surface area (Å²) in [5.41, 5.74) is -2.93. The number of benzene rings is 3. The second-order valence-electron chi connectivity index (χ2n) is 9.79. The van der Waals surface area contributed by atoms with E-state index < -0.39 is 55.8 Å². The molecule has 0 bridgehead atoms. The Bertz CT molecular complexity index is 1720. The molecule has 1 aliphatic heterocycles. The van der Waals surface area contributed by atoms with Gasteiger partial charge in [0.05, 0.1) is 35.5 Å². The Labute approximate surface area is 247 Å². The number of amides is 5. The minimum absolute atomic E-state index is 0.160. The number of anilines is 3. The van der Waals surface area contributed by atoms with Crippen LogP contribution in [0, 0.1) is 5.82 Å². The largest absolute Gasteiger partial charge is 0.497 e. The van der Waals surface area contributed by atoms with Crippen molar-refractivity contribution in [2.45, 2.75) is 37.0 Å². The van der Waals surface area contributed by atoms with E-state index in [9.17, 15) is 40.4 Å². The topological polar surface area (TPSA) is 125 Å². The molecule has 0 radical (unpaired) electrons. The quantitative estimate of drug-likeness (QED) is 0.180. The Balaban J connectivity index is 1.61. The van der Waals surface area contributed by atoms with Gasteiger partial charge in [-0.05, 0) is 67.9 Å². The number of imide groups is 1. The number of ether oxygens (including phenoxy) is 1. The van der Waals surface area contributed by atoms with Crippen molar-refractivity contribution in [3.8, 4) is 5.75 Å². The highest BCUT2D eigenvalue weighted by Gasteiger charge is 2.52. The number of nitrogens with one attached hydrogen (secondary N) is 2. The number of rotatable bonds is 7. The molecule has 0 saturated carbocycles. The number of nitrogens with zero attached hydrogens (tertiary/aromatic N) is 2. The van der Waals surface area contributed by atoms with Crippen LogP contribution in [0.4, 0.5) is 44.2 Å². The van der Waals surface area contributed by atoms with Gasteiger partial charge in [0, 0.05) is 22.4 Å². The molecule has 5 amide bonds. The molecule has 3 aromatic rings. The van der Waals surface area contributed by atoms with Gasteiger partial charge in [0.1, 0.15) is 17.1 Å². The van der Waals surface area contributed by atoms with E-state index in [4.69, 9.17) is 15.4 Å². The van der Waals surface area contributed by atoms with Crippen LogP contribution in [-0.2, 0) is 26.6 Å². The normalized spacial score (nSPS) is 15.1. The molecule has 3 aromatic carbocycles. The minimum Gasteiger partial charge on any atom is -0.497 e. The number of alkyl halides is 3. The zero-order chi connectivity index (χ0) is 31.9. The summed E-state index contributed by atoms with van der Waals surface area (Å²) in [6, 6.07) is 9.61. The van der Waals surface area contributed by atoms with E-state index in [1.54, 1.807) is 0 Å². The number of carbonyl (C=O) groups is 3. The molecule has 2 N–H and O–H groups in total. The lowest BCUT2D eigenvalue weighted by Crippen LogP contribution is -2.43. The summed E-state index contributed by atoms with van der Waals surface area (Å²) in [7, 11) is 2.72. The lowest BCUT2D eigenvalue weighted by Gasteiger charge is -2.28. The lowest BCUT2D eigenvalue weighted by molar-refractivity contribution is -0.140. The molecule has 16 heteroatoms. The van der Waals surface area contributed by atoms with Crippen LogP contribution in [0.3, 0.4) is 0 Å². The van der Waals surface area contributed by atoms with Crippen molar-refractivity contribution in [3.05, 3.63) is 77.6 Å². The monoisotopic (exact) mass is 642 g/mol. The fraction of sp³-hybridized carbons (Fsp3) is 0.222. The highest BCUT2D eigenvalue weighted by Crippen LogP contribution is 2.38. The van der Waals surface area contributed by atoms with Crippen LogP contribution in [0.1, 0.15) is 25.0 Å². The van der Waals surface area contributed by atoms with Crippen LogP contribution in [0.15, 0.2) is 65.6 Å². The third-order valence-corrected chi connectivity index (χ3v) is 7.99. The molecule has 0 aromatic heterocycles. The van der Waals surface area contributed by atoms with E-state index in [1.165, 1.54) is 63.4 Å². The fourth-order valence-electron chi connectivity index (χ4n) is 4.29. The van der Waals surface area contributed by atoms with Gasteiger partial charge in [0.15, 0.2) is 0 Å². The van der Waals surface area contributed by atoms with Crippen LogP contribution in [0.2, 0.25) is 0 Å². The van der Waals surface area contributed by atoms with Crippen molar-refractivity contribution in [1.29, 1.82) is 0 Å². The number of methoxy groups -OCH3 is 1. The van der Waals surface area contributed by atoms with Gasteiger partial charge in [-0.25, -0.2) is 27.3 Å². The van der Waals surface area contributed by atoms with E-state index in [0.717, 1.165) is 11.0 Å². The second-order valence-corrected chi connectivity index (χ2v) is 12.4. The first-order valence-corrected chi connectivity index (χ1v) is 14.6. The van der Waals surface area contributed by atoms with Gasteiger partial charge in [-0.15, -0.1) is 0 Å².